The van der Waals surface area contributed by atoms with Crippen molar-refractivity contribution in [1.29, 1.82) is 5.26 Å². The summed E-state index contributed by atoms with van der Waals surface area (Å²) in [4.78, 5) is 0. The molecule has 0 aliphatic heterocycles. The molecule has 0 amide bonds. The van der Waals surface area contributed by atoms with Gasteiger partial charge in [0.15, 0.2) is 0 Å². The Hall–Kier alpha value is -1.49. The van der Waals surface area contributed by atoms with Gasteiger partial charge in [0.2, 0.25) is 0 Å². The Labute approximate surface area is 85.6 Å². The van der Waals surface area contributed by atoms with Gasteiger partial charge in [-0.1, -0.05) is 26.3 Å². The van der Waals surface area contributed by atoms with Gasteiger partial charge in [0, 0.05) is 12.2 Å². The van der Waals surface area contributed by atoms with Crippen LogP contribution in [0.1, 0.15) is 25.8 Å². The van der Waals surface area contributed by atoms with Crippen molar-refractivity contribution in [3.8, 4) is 6.07 Å². The normalized spacial score (nSPS) is 11.8. The fourth-order valence-corrected chi connectivity index (χ4v) is 1.14. The standard InChI is InChI=1S/C12H16N2/c1-3-10(2)9-14-12-6-4-5-11(7-12)8-13/h4-7,10,14H,3,9H2,1-2H3. The van der Waals surface area contributed by atoms with E-state index in [9.17, 15) is 0 Å². The van der Waals surface area contributed by atoms with Gasteiger partial charge in [-0.2, -0.15) is 5.26 Å². The number of nitrogens with one attached hydrogen (secondary N) is 1. The Morgan fingerprint density at radius 3 is 2.93 bits per heavy atom. The van der Waals surface area contributed by atoms with Gasteiger partial charge in [-0.05, 0) is 24.1 Å². The predicted octanol–water partition coefficient (Wildman–Crippen LogP) is 3.02. The third kappa shape index (κ3) is 3.10. The summed E-state index contributed by atoms with van der Waals surface area (Å²) in [5.41, 5.74) is 1.74. The van der Waals surface area contributed by atoms with Gasteiger partial charge in [0.25, 0.3) is 0 Å². The molecule has 0 spiro atoms. The van der Waals surface area contributed by atoms with E-state index in [4.69, 9.17) is 5.26 Å². The Morgan fingerprint density at radius 2 is 2.29 bits per heavy atom. The molecule has 1 atom stereocenters. The first-order chi connectivity index (χ1) is 6.76. The van der Waals surface area contributed by atoms with E-state index in [1.807, 2.05) is 24.3 Å². The first kappa shape index (κ1) is 10.6. The molecule has 0 heterocycles. The van der Waals surface area contributed by atoms with Gasteiger partial charge >= 0.3 is 0 Å². The molecule has 1 aromatic carbocycles. The molecule has 2 heteroatoms. The highest BCUT2D eigenvalue weighted by Gasteiger charge is 1.98. The largest absolute Gasteiger partial charge is 0.385 e. The summed E-state index contributed by atoms with van der Waals surface area (Å²) >= 11 is 0. The minimum Gasteiger partial charge on any atom is -0.385 e. The lowest BCUT2D eigenvalue weighted by Gasteiger charge is -2.11. The fourth-order valence-electron chi connectivity index (χ4n) is 1.14. The van der Waals surface area contributed by atoms with Gasteiger partial charge in [-0.15, -0.1) is 0 Å². The van der Waals surface area contributed by atoms with Crippen LogP contribution in [-0.4, -0.2) is 6.54 Å². The number of hydrogen-bond donors (Lipinski definition) is 1. The third-order valence-corrected chi connectivity index (χ3v) is 2.34. The molecule has 1 rings (SSSR count). The highest BCUT2D eigenvalue weighted by atomic mass is 14.9. The summed E-state index contributed by atoms with van der Waals surface area (Å²) in [6.07, 6.45) is 1.17. The average Bonchev–Trinajstić information content (AvgIpc) is 2.26. The molecule has 0 aliphatic carbocycles. The van der Waals surface area contributed by atoms with Crippen molar-refractivity contribution >= 4 is 5.69 Å². The summed E-state index contributed by atoms with van der Waals surface area (Å²) in [7, 11) is 0. The summed E-state index contributed by atoms with van der Waals surface area (Å²) in [6.45, 7) is 5.35. The van der Waals surface area contributed by atoms with Crippen LogP contribution in [-0.2, 0) is 0 Å². The SMILES string of the molecule is CCC(C)CNc1cccc(C#N)c1. The average molecular weight is 188 g/mol. The molecule has 2 nitrogen and oxygen atoms in total. The second kappa shape index (κ2) is 5.29. The molecular weight excluding hydrogens is 172 g/mol. The van der Waals surface area contributed by atoms with Crippen molar-refractivity contribution in [3.63, 3.8) is 0 Å². The van der Waals surface area contributed by atoms with Crippen LogP contribution in [0.4, 0.5) is 5.69 Å². The van der Waals surface area contributed by atoms with Crippen LogP contribution < -0.4 is 5.32 Å². The molecule has 74 valence electrons. The van der Waals surface area contributed by atoms with E-state index in [-0.39, 0.29) is 0 Å². The van der Waals surface area contributed by atoms with Gasteiger partial charge in [-0.3, -0.25) is 0 Å². The lowest BCUT2D eigenvalue weighted by Crippen LogP contribution is -2.10. The second-order valence-corrected chi connectivity index (χ2v) is 3.59. The van der Waals surface area contributed by atoms with Crippen molar-refractivity contribution in [2.75, 3.05) is 11.9 Å². The zero-order chi connectivity index (χ0) is 10.4. The van der Waals surface area contributed by atoms with Gasteiger partial charge < -0.3 is 5.32 Å². The number of rotatable bonds is 4. The van der Waals surface area contributed by atoms with Crippen molar-refractivity contribution in [1.82, 2.24) is 0 Å². The first-order valence-corrected chi connectivity index (χ1v) is 5.00. The summed E-state index contributed by atoms with van der Waals surface area (Å²) in [5.74, 6) is 0.667. The Bertz CT molecular complexity index is 325. The van der Waals surface area contributed by atoms with Gasteiger partial charge in [-0.25, -0.2) is 0 Å². The monoisotopic (exact) mass is 188 g/mol. The van der Waals surface area contributed by atoms with Crippen LogP contribution in [0.5, 0.6) is 0 Å². The third-order valence-electron chi connectivity index (χ3n) is 2.34. The Balaban J connectivity index is 2.55. The van der Waals surface area contributed by atoms with Crippen LogP contribution in [0.2, 0.25) is 0 Å². The summed E-state index contributed by atoms with van der Waals surface area (Å²) < 4.78 is 0. The molecule has 1 N–H and O–H groups in total. The maximum absolute atomic E-state index is 8.71. The highest BCUT2D eigenvalue weighted by Crippen LogP contribution is 2.11. The lowest BCUT2D eigenvalue weighted by atomic mass is 10.1. The Kier molecular flexibility index (Phi) is 4.00. The molecule has 0 radical (unpaired) electrons. The fraction of sp³-hybridized carbons (Fsp3) is 0.417. The number of nitrogens with zero attached hydrogens (tertiary/aromatic N) is 1. The van der Waals surface area contributed by atoms with E-state index in [0.29, 0.717) is 11.5 Å². The lowest BCUT2D eigenvalue weighted by molar-refractivity contribution is 0.593. The second-order valence-electron chi connectivity index (χ2n) is 3.59. The molecule has 0 aromatic heterocycles. The van der Waals surface area contributed by atoms with Crippen LogP contribution >= 0.6 is 0 Å². The van der Waals surface area contributed by atoms with E-state index < -0.39 is 0 Å². The smallest absolute Gasteiger partial charge is 0.0992 e. The number of hydrogen-bond acceptors (Lipinski definition) is 2. The van der Waals surface area contributed by atoms with Crippen LogP contribution in [0, 0.1) is 17.2 Å². The topological polar surface area (TPSA) is 35.8 Å². The van der Waals surface area contributed by atoms with Crippen LogP contribution in [0.25, 0.3) is 0 Å². The molecule has 0 saturated carbocycles. The van der Waals surface area contributed by atoms with E-state index in [2.05, 4.69) is 25.2 Å². The molecule has 0 fully saturated rings. The minimum atomic E-state index is 0.667. The van der Waals surface area contributed by atoms with E-state index in [1.54, 1.807) is 0 Å². The van der Waals surface area contributed by atoms with E-state index in [0.717, 1.165) is 12.2 Å². The number of benzene rings is 1. The zero-order valence-electron chi connectivity index (χ0n) is 8.75. The minimum absolute atomic E-state index is 0.667. The maximum atomic E-state index is 8.71. The van der Waals surface area contributed by atoms with Gasteiger partial charge in [0.05, 0.1) is 11.6 Å². The molecule has 0 saturated heterocycles. The van der Waals surface area contributed by atoms with Crippen LogP contribution in [0.3, 0.4) is 0 Å². The summed E-state index contributed by atoms with van der Waals surface area (Å²) in [5, 5.41) is 12.0. The number of nitriles is 1. The zero-order valence-corrected chi connectivity index (χ0v) is 8.75. The summed E-state index contributed by atoms with van der Waals surface area (Å²) in [6, 6.07) is 9.71. The molecule has 0 aliphatic rings. The van der Waals surface area contributed by atoms with Crippen LogP contribution in [0.15, 0.2) is 24.3 Å². The predicted molar refractivity (Wildman–Crippen MR) is 59.1 cm³/mol. The Morgan fingerprint density at radius 1 is 1.50 bits per heavy atom. The van der Waals surface area contributed by atoms with Crippen molar-refractivity contribution < 1.29 is 0 Å². The van der Waals surface area contributed by atoms with Crippen molar-refractivity contribution in [2.45, 2.75) is 20.3 Å². The number of anilines is 1. The van der Waals surface area contributed by atoms with Crippen molar-refractivity contribution in [3.05, 3.63) is 29.8 Å². The molecule has 14 heavy (non-hydrogen) atoms. The van der Waals surface area contributed by atoms with Gasteiger partial charge in [0.1, 0.15) is 0 Å². The molecule has 1 aromatic rings. The quantitative estimate of drug-likeness (QED) is 0.788. The van der Waals surface area contributed by atoms with E-state index >= 15 is 0 Å². The highest BCUT2D eigenvalue weighted by molar-refractivity contribution is 5.49. The molecular formula is C12H16N2. The maximum Gasteiger partial charge on any atom is 0.0992 e. The van der Waals surface area contributed by atoms with Crippen molar-refractivity contribution in [2.24, 2.45) is 5.92 Å². The van der Waals surface area contributed by atoms with E-state index in [1.165, 1.54) is 6.42 Å². The molecule has 0 bridgehead atoms. The molecule has 1 unspecified atom stereocenters. The first-order valence-electron chi connectivity index (χ1n) is 5.00.